The zero-order chi connectivity index (χ0) is 26.9. The Bertz CT molecular complexity index is 1710. The second-order valence-electron chi connectivity index (χ2n) is 7.19. The molecular formula is C18H20CuN4O11S3+2. The number of aromatic amines is 1. The third kappa shape index (κ3) is 7.55. The fourth-order valence-corrected chi connectivity index (χ4v) is 4.89. The molecule has 1 aromatic heterocycles. The normalized spacial score (nSPS) is 12.5. The molecule has 37 heavy (non-hydrogen) atoms. The van der Waals surface area contributed by atoms with Crippen LogP contribution in [0.1, 0.15) is 5.69 Å². The van der Waals surface area contributed by atoms with Gasteiger partial charge in [0.1, 0.15) is 5.69 Å². The predicted molar refractivity (Wildman–Crippen MR) is 123 cm³/mol. The van der Waals surface area contributed by atoms with E-state index in [0.29, 0.717) is 5.69 Å². The van der Waals surface area contributed by atoms with E-state index in [4.69, 9.17) is 14.2 Å². The summed E-state index contributed by atoms with van der Waals surface area (Å²) in [5.74, 6) is -0.973. The minimum atomic E-state index is -4.81. The molecule has 6 N–H and O–H groups in total. The maximum absolute atomic E-state index is 12.8. The molecule has 205 valence electrons. The molecule has 0 bridgehead atoms. The Morgan fingerprint density at radius 1 is 1.03 bits per heavy atom. The first-order chi connectivity index (χ1) is 16.6. The van der Waals surface area contributed by atoms with E-state index >= 15 is 0 Å². The van der Waals surface area contributed by atoms with Crippen LogP contribution in [0.2, 0.25) is 0 Å². The van der Waals surface area contributed by atoms with Crippen molar-refractivity contribution < 1.29 is 65.8 Å². The number of hydrogen-bond donors (Lipinski definition) is 4. The van der Waals surface area contributed by atoms with E-state index in [1.807, 2.05) is 0 Å². The van der Waals surface area contributed by atoms with Crippen molar-refractivity contribution in [3.05, 3.63) is 58.5 Å². The summed E-state index contributed by atoms with van der Waals surface area (Å²) in [7, 11) is -13.3. The van der Waals surface area contributed by atoms with Gasteiger partial charge in [-0.15, -0.1) is 0 Å². The van der Waals surface area contributed by atoms with E-state index in [0.717, 1.165) is 35.0 Å². The first-order valence-corrected chi connectivity index (χ1v) is 14.1. The van der Waals surface area contributed by atoms with Crippen molar-refractivity contribution in [1.29, 1.82) is 0 Å². The summed E-state index contributed by atoms with van der Waals surface area (Å²) in [6.45, 7) is 0.696. The average Bonchev–Trinajstić information content (AvgIpc) is 3.05. The number of nitrogens with zero attached hydrogens (tertiary/aromatic N) is 2. The van der Waals surface area contributed by atoms with Crippen LogP contribution in [0.5, 0.6) is 5.75 Å². The Labute approximate surface area is 220 Å². The fourth-order valence-electron chi connectivity index (χ4n) is 2.91. The van der Waals surface area contributed by atoms with Crippen molar-refractivity contribution in [2.75, 3.05) is 12.4 Å². The summed E-state index contributed by atoms with van der Waals surface area (Å²) in [6, 6.07) is 8.04. The quantitative estimate of drug-likeness (QED) is 0.100. The molecule has 0 atom stereocenters. The summed E-state index contributed by atoms with van der Waals surface area (Å²) in [6.07, 6.45) is 0. The van der Waals surface area contributed by atoms with Crippen LogP contribution in [0.3, 0.4) is 0 Å². The Morgan fingerprint density at radius 3 is 2.19 bits per heavy atom. The molecule has 0 amide bonds. The molecule has 3 aromatic rings. The molecular weight excluding hydrogens is 608 g/mol. The first-order valence-electron chi connectivity index (χ1n) is 9.65. The Balaban J connectivity index is 0.00000481. The number of nitrogens with one attached hydrogen (secondary N) is 2. The molecule has 0 unspecified atom stereocenters. The number of rotatable bonds is 9. The van der Waals surface area contributed by atoms with Crippen molar-refractivity contribution in [2.45, 2.75) is 16.7 Å². The molecule has 0 aliphatic carbocycles. The SMILES string of the molecule is Cc1[nH]n(-c2ccc(S(=O)(=O)O)cc2)c(=O)c1[NH+]=Nc1cc(S(=O)(=O)CCOS(=O)(=O)O)ccc1[OH2+].[Cu]. The van der Waals surface area contributed by atoms with Crippen LogP contribution >= 0.6 is 0 Å². The predicted octanol–water partition coefficient (Wildman–Crippen LogP) is -0.755. The third-order valence-corrected chi connectivity index (χ3v) is 7.67. The molecule has 0 saturated carbocycles. The fraction of sp³-hybridized carbons (Fsp3) is 0.167. The second-order valence-corrected chi connectivity index (χ2v) is 11.8. The average molecular weight is 628 g/mol. The summed E-state index contributed by atoms with van der Waals surface area (Å²) in [4.78, 5) is 12.2. The Kier molecular flexibility index (Phi) is 9.21. The molecule has 0 aliphatic heterocycles. The molecule has 1 heterocycles. The van der Waals surface area contributed by atoms with Gasteiger partial charge in [0.15, 0.2) is 9.84 Å². The Morgan fingerprint density at radius 2 is 1.62 bits per heavy atom. The minimum Gasteiger partial charge on any atom is -0.592 e. The summed E-state index contributed by atoms with van der Waals surface area (Å²) < 4.78 is 91.2. The molecule has 0 saturated heterocycles. The maximum atomic E-state index is 12.8. The van der Waals surface area contributed by atoms with Crippen molar-refractivity contribution in [2.24, 2.45) is 5.11 Å². The number of H-pyrrole nitrogens is 1. The van der Waals surface area contributed by atoms with E-state index in [9.17, 15) is 30.0 Å². The number of aromatic nitrogens is 2. The van der Waals surface area contributed by atoms with Crippen LogP contribution in [-0.2, 0) is 51.6 Å². The van der Waals surface area contributed by atoms with Crippen LogP contribution < -0.4 is 10.7 Å². The van der Waals surface area contributed by atoms with Gasteiger partial charge in [0.05, 0.1) is 27.8 Å². The zero-order valence-electron chi connectivity index (χ0n) is 18.5. The van der Waals surface area contributed by atoms with Gasteiger partial charge in [-0.2, -0.15) is 16.8 Å². The topological polar surface area (TPSA) is 239 Å². The van der Waals surface area contributed by atoms with Crippen molar-refractivity contribution in [1.82, 2.24) is 9.78 Å². The number of sulfone groups is 1. The van der Waals surface area contributed by atoms with Crippen LogP contribution in [-0.4, -0.2) is 61.6 Å². The molecule has 0 fully saturated rings. The molecule has 15 nitrogen and oxygen atoms in total. The smallest absolute Gasteiger partial charge is 0.397 e. The maximum Gasteiger partial charge on any atom is 0.397 e. The van der Waals surface area contributed by atoms with Gasteiger partial charge in [-0.1, -0.05) is 5.11 Å². The number of hydrogen-bond acceptors (Lipinski definition) is 9. The summed E-state index contributed by atoms with van der Waals surface area (Å²) >= 11 is 0. The van der Waals surface area contributed by atoms with Gasteiger partial charge in [-0.25, -0.2) is 17.3 Å². The van der Waals surface area contributed by atoms with Crippen molar-refractivity contribution >= 4 is 41.7 Å². The van der Waals surface area contributed by atoms with Crippen LogP contribution in [0, 0.1) is 6.92 Å². The summed E-state index contributed by atoms with van der Waals surface area (Å²) in [5, 5.41) is 17.1. The molecule has 0 spiro atoms. The second kappa shape index (κ2) is 11.2. The van der Waals surface area contributed by atoms with Gasteiger partial charge in [0.25, 0.3) is 15.9 Å². The third-order valence-electron chi connectivity index (χ3n) is 4.67. The number of aryl methyl sites for hydroxylation is 1. The monoisotopic (exact) mass is 627 g/mol. The van der Waals surface area contributed by atoms with E-state index in [1.54, 1.807) is 0 Å². The molecule has 19 heteroatoms. The van der Waals surface area contributed by atoms with Gasteiger partial charge in [-0.05, 0) is 43.3 Å². The van der Waals surface area contributed by atoms with Gasteiger partial charge < -0.3 is 5.11 Å². The molecule has 0 aliphatic rings. The Hall–Kier alpha value is -2.90. The van der Waals surface area contributed by atoms with Gasteiger partial charge in [0.2, 0.25) is 5.69 Å². The van der Waals surface area contributed by atoms with Crippen LogP contribution in [0.15, 0.2) is 62.2 Å². The number of benzene rings is 2. The standard InChI is InChI=1S/C18H18N4O11S3.Cu/c1-11-17(18(24)22(21-11)12-2-4-13(5-3-12)35(27,28)29)20-19-15-10-14(6-7-16(15)23)34(25,26)9-8-33-36(30,31)32;/h2-7,10,21,23H,8-9H2,1H3,(H,27,28,29)(H,30,31,32);/p+2. The number of azo groups is 1. The van der Waals surface area contributed by atoms with Gasteiger partial charge in [-0.3, -0.25) is 19.0 Å². The summed E-state index contributed by atoms with van der Waals surface area (Å²) in [5.41, 5.74) is -0.294. The van der Waals surface area contributed by atoms with Gasteiger partial charge >= 0.3 is 21.6 Å². The van der Waals surface area contributed by atoms with E-state index in [1.165, 1.54) is 19.1 Å². The largest absolute Gasteiger partial charge is 0.592 e. The molecule has 1 radical (unpaired) electrons. The molecule has 3 rings (SSSR count). The minimum absolute atomic E-state index is 0. The van der Waals surface area contributed by atoms with E-state index in [2.05, 4.69) is 19.5 Å². The zero-order valence-corrected chi connectivity index (χ0v) is 21.9. The van der Waals surface area contributed by atoms with E-state index < -0.39 is 48.3 Å². The molecule has 2 aromatic carbocycles. The first kappa shape index (κ1) is 30.3. The van der Waals surface area contributed by atoms with Crippen LogP contribution in [0.4, 0.5) is 11.4 Å². The van der Waals surface area contributed by atoms with Crippen molar-refractivity contribution in [3.63, 3.8) is 0 Å². The van der Waals surface area contributed by atoms with Crippen molar-refractivity contribution in [3.8, 4) is 11.4 Å². The van der Waals surface area contributed by atoms with Gasteiger partial charge in [0, 0.05) is 28.2 Å². The van der Waals surface area contributed by atoms with E-state index in [-0.39, 0.29) is 49.7 Å². The van der Waals surface area contributed by atoms with Crippen LogP contribution in [0.25, 0.3) is 5.69 Å².